The maximum absolute atomic E-state index is 12.9. The minimum Gasteiger partial charge on any atom is -0.486 e. The van der Waals surface area contributed by atoms with Crippen LogP contribution in [0.2, 0.25) is 0 Å². The molecule has 0 radical (unpaired) electrons. The van der Waals surface area contributed by atoms with Gasteiger partial charge in [-0.05, 0) is 62.2 Å². The standard InChI is InChI=1S/C12H8Br2FNO/c13-8-1-3-10(16-6-8)7-17-12-4-2-9(15)5-11(12)14/h1-6H,7H2. The van der Waals surface area contributed by atoms with Crippen LogP contribution in [-0.2, 0) is 6.61 Å². The third-order valence-electron chi connectivity index (χ3n) is 2.06. The summed E-state index contributed by atoms with van der Waals surface area (Å²) in [6.45, 7) is 0.345. The lowest BCUT2D eigenvalue weighted by atomic mass is 10.3. The molecule has 0 fully saturated rings. The van der Waals surface area contributed by atoms with Gasteiger partial charge in [-0.25, -0.2) is 4.39 Å². The van der Waals surface area contributed by atoms with Crippen molar-refractivity contribution in [2.45, 2.75) is 6.61 Å². The first-order chi connectivity index (χ1) is 8.15. The van der Waals surface area contributed by atoms with Crippen molar-refractivity contribution in [3.8, 4) is 5.75 Å². The number of hydrogen-bond acceptors (Lipinski definition) is 2. The zero-order valence-corrected chi connectivity index (χ0v) is 11.8. The molecule has 0 amide bonds. The van der Waals surface area contributed by atoms with E-state index in [0.717, 1.165) is 10.2 Å². The van der Waals surface area contributed by atoms with Crippen LogP contribution in [0.5, 0.6) is 5.75 Å². The Hall–Kier alpha value is -0.940. The van der Waals surface area contributed by atoms with E-state index < -0.39 is 0 Å². The Balaban J connectivity index is 2.04. The minimum atomic E-state index is -0.300. The molecule has 0 unspecified atom stereocenters. The van der Waals surface area contributed by atoms with Crippen molar-refractivity contribution in [2.24, 2.45) is 0 Å². The summed E-state index contributed by atoms with van der Waals surface area (Å²) in [5.74, 6) is 0.294. The summed E-state index contributed by atoms with van der Waals surface area (Å²) in [6.07, 6.45) is 1.71. The fraction of sp³-hybridized carbons (Fsp3) is 0.0833. The SMILES string of the molecule is Fc1ccc(OCc2ccc(Br)cn2)c(Br)c1. The predicted octanol–water partition coefficient (Wildman–Crippen LogP) is 4.32. The van der Waals surface area contributed by atoms with Crippen LogP contribution >= 0.6 is 31.9 Å². The summed E-state index contributed by atoms with van der Waals surface area (Å²) < 4.78 is 19.9. The Morgan fingerprint density at radius 3 is 2.65 bits per heavy atom. The van der Waals surface area contributed by atoms with Crippen molar-refractivity contribution >= 4 is 31.9 Å². The monoisotopic (exact) mass is 359 g/mol. The summed E-state index contributed by atoms with van der Waals surface area (Å²) in [7, 11) is 0. The highest BCUT2D eigenvalue weighted by atomic mass is 79.9. The van der Waals surface area contributed by atoms with Gasteiger partial charge in [-0.1, -0.05) is 0 Å². The molecule has 0 aliphatic heterocycles. The van der Waals surface area contributed by atoms with Gasteiger partial charge in [0.05, 0.1) is 10.2 Å². The van der Waals surface area contributed by atoms with Gasteiger partial charge in [-0.3, -0.25) is 4.98 Å². The quantitative estimate of drug-likeness (QED) is 0.812. The number of nitrogens with zero attached hydrogens (tertiary/aromatic N) is 1. The van der Waals surface area contributed by atoms with Gasteiger partial charge in [0.15, 0.2) is 0 Å². The molecule has 1 aromatic carbocycles. The van der Waals surface area contributed by atoms with Gasteiger partial charge >= 0.3 is 0 Å². The molecule has 0 atom stereocenters. The van der Waals surface area contributed by atoms with E-state index >= 15 is 0 Å². The number of ether oxygens (including phenoxy) is 1. The lowest BCUT2D eigenvalue weighted by molar-refractivity contribution is 0.299. The fourth-order valence-electron chi connectivity index (χ4n) is 1.24. The molecule has 1 aromatic heterocycles. The average molecular weight is 361 g/mol. The average Bonchev–Trinajstić information content (AvgIpc) is 2.30. The molecule has 2 nitrogen and oxygen atoms in total. The Labute approximate surface area is 115 Å². The van der Waals surface area contributed by atoms with Gasteiger partial charge in [0.1, 0.15) is 18.2 Å². The molecule has 0 aliphatic rings. The lowest BCUT2D eigenvalue weighted by Gasteiger charge is -2.07. The van der Waals surface area contributed by atoms with Crippen LogP contribution in [0.3, 0.4) is 0 Å². The van der Waals surface area contributed by atoms with Gasteiger partial charge < -0.3 is 4.74 Å². The van der Waals surface area contributed by atoms with Gasteiger partial charge in [-0.15, -0.1) is 0 Å². The smallest absolute Gasteiger partial charge is 0.134 e. The number of hydrogen-bond donors (Lipinski definition) is 0. The fourth-order valence-corrected chi connectivity index (χ4v) is 1.94. The summed E-state index contributed by atoms with van der Waals surface area (Å²) in [6, 6.07) is 8.06. The molecular weight excluding hydrogens is 353 g/mol. The maximum Gasteiger partial charge on any atom is 0.134 e. The maximum atomic E-state index is 12.9. The largest absolute Gasteiger partial charge is 0.486 e. The van der Waals surface area contributed by atoms with Crippen molar-refractivity contribution in [1.29, 1.82) is 0 Å². The molecule has 0 spiro atoms. The Bertz CT molecular complexity index is 516. The summed E-state index contributed by atoms with van der Waals surface area (Å²) >= 11 is 6.55. The molecular formula is C12H8Br2FNO. The number of halogens is 3. The second-order valence-electron chi connectivity index (χ2n) is 3.33. The van der Waals surface area contributed by atoms with E-state index in [1.807, 2.05) is 12.1 Å². The van der Waals surface area contributed by atoms with Crippen molar-refractivity contribution < 1.29 is 9.13 Å². The second kappa shape index (κ2) is 5.60. The highest BCUT2D eigenvalue weighted by Gasteiger charge is 2.03. The van der Waals surface area contributed by atoms with E-state index in [0.29, 0.717) is 16.8 Å². The van der Waals surface area contributed by atoms with Crippen LogP contribution in [0, 0.1) is 5.82 Å². The van der Waals surface area contributed by atoms with E-state index in [-0.39, 0.29) is 5.82 Å². The molecule has 0 saturated heterocycles. The summed E-state index contributed by atoms with van der Waals surface area (Å²) in [5.41, 5.74) is 0.810. The Morgan fingerprint density at radius 2 is 2.00 bits per heavy atom. The molecule has 17 heavy (non-hydrogen) atoms. The third kappa shape index (κ3) is 3.51. The van der Waals surface area contributed by atoms with Crippen molar-refractivity contribution in [1.82, 2.24) is 4.98 Å². The summed E-state index contributed by atoms with van der Waals surface area (Å²) in [5, 5.41) is 0. The van der Waals surface area contributed by atoms with Crippen LogP contribution < -0.4 is 4.74 Å². The van der Waals surface area contributed by atoms with Crippen molar-refractivity contribution in [2.75, 3.05) is 0 Å². The van der Waals surface area contributed by atoms with Gasteiger partial charge in [-0.2, -0.15) is 0 Å². The van der Waals surface area contributed by atoms with Crippen molar-refractivity contribution in [3.63, 3.8) is 0 Å². The summed E-state index contributed by atoms with van der Waals surface area (Å²) in [4.78, 5) is 4.18. The highest BCUT2D eigenvalue weighted by molar-refractivity contribution is 9.10. The third-order valence-corrected chi connectivity index (χ3v) is 3.15. The van der Waals surface area contributed by atoms with Gasteiger partial charge in [0, 0.05) is 10.7 Å². The van der Waals surface area contributed by atoms with Crippen molar-refractivity contribution in [3.05, 3.63) is 57.0 Å². The highest BCUT2D eigenvalue weighted by Crippen LogP contribution is 2.26. The van der Waals surface area contributed by atoms with E-state index in [4.69, 9.17) is 4.74 Å². The van der Waals surface area contributed by atoms with Crippen LogP contribution in [0.1, 0.15) is 5.69 Å². The first kappa shape index (κ1) is 12.5. The molecule has 1 heterocycles. The van der Waals surface area contributed by atoms with Crippen LogP contribution in [-0.4, -0.2) is 4.98 Å². The van der Waals surface area contributed by atoms with E-state index in [1.165, 1.54) is 12.1 Å². The second-order valence-corrected chi connectivity index (χ2v) is 5.10. The molecule has 0 N–H and O–H groups in total. The topological polar surface area (TPSA) is 22.1 Å². The number of benzene rings is 1. The lowest BCUT2D eigenvalue weighted by Crippen LogP contribution is -1.98. The molecule has 0 bridgehead atoms. The van der Waals surface area contributed by atoms with E-state index in [9.17, 15) is 4.39 Å². The van der Waals surface area contributed by atoms with Crippen LogP contribution in [0.25, 0.3) is 0 Å². The number of rotatable bonds is 3. The predicted molar refractivity (Wildman–Crippen MR) is 70.4 cm³/mol. The Kier molecular flexibility index (Phi) is 4.12. The molecule has 0 aliphatic carbocycles. The molecule has 2 aromatic rings. The zero-order valence-electron chi connectivity index (χ0n) is 8.66. The first-order valence-corrected chi connectivity index (χ1v) is 6.42. The molecule has 2 rings (SSSR count). The van der Waals surface area contributed by atoms with Gasteiger partial charge in [0.2, 0.25) is 0 Å². The van der Waals surface area contributed by atoms with E-state index in [2.05, 4.69) is 36.8 Å². The molecule has 0 saturated carbocycles. The molecule has 5 heteroatoms. The number of pyridine rings is 1. The minimum absolute atomic E-state index is 0.300. The van der Waals surface area contributed by atoms with E-state index in [1.54, 1.807) is 12.3 Å². The molecule has 88 valence electrons. The number of aromatic nitrogens is 1. The van der Waals surface area contributed by atoms with Gasteiger partial charge in [0.25, 0.3) is 0 Å². The van der Waals surface area contributed by atoms with Crippen LogP contribution in [0.15, 0.2) is 45.5 Å². The normalized spacial score (nSPS) is 10.3. The first-order valence-electron chi connectivity index (χ1n) is 4.83. The van der Waals surface area contributed by atoms with Crippen LogP contribution in [0.4, 0.5) is 4.39 Å². The Morgan fingerprint density at radius 1 is 1.18 bits per heavy atom. The zero-order chi connectivity index (χ0) is 12.3.